The fourth-order valence-electron chi connectivity index (χ4n) is 3.17. The van der Waals surface area contributed by atoms with Gasteiger partial charge in [0.15, 0.2) is 0 Å². The van der Waals surface area contributed by atoms with Crippen molar-refractivity contribution < 1.29 is 9.59 Å². The van der Waals surface area contributed by atoms with Crippen LogP contribution in [0.4, 0.5) is 0 Å². The fourth-order valence-corrected chi connectivity index (χ4v) is 3.17. The minimum absolute atomic E-state index is 0.137. The third-order valence-corrected chi connectivity index (χ3v) is 4.48. The van der Waals surface area contributed by atoms with Crippen LogP contribution in [-0.2, 0) is 4.79 Å². The van der Waals surface area contributed by atoms with Crippen LogP contribution in [0.2, 0.25) is 0 Å². The molecule has 0 unspecified atom stereocenters. The van der Waals surface area contributed by atoms with Crippen LogP contribution in [0, 0.1) is 0 Å². The topological polar surface area (TPSA) is 70.5 Å². The Morgan fingerprint density at radius 1 is 1.48 bits per heavy atom. The summed E-state index contributed by atoms with van der Waals surface area (Å²) in [6, 6.07) is 1.92. The summed E-state index contributed by atoms with van der Waals surface area (Å²) in [5.41, 5.74) is 1.42. The van der Waals surface area contributed by atoms with Crippen LogP contribution < -0.4 is 5.32 Å². The van der Waals surface area contributed by atoms with E-state index in [9.17, 15) is 9.59 Å². The number of nitrogens with zero attached hydrogens (tertiary/aromatic N) is 4. The molecule has 1 aromatic heterocycles. The van der Waals surface area contributed by atoms with Crippen molar-refractivity contribution in [2.75, 3.05) is 39.8 Å². The summed E-state index contributed by atoms with van der Waals surface area (Å²) >= 11 is 0. The number of carbonyl (C=O) groups is 2. The van der Waals surface area contributed by atoms with Crippen molar-refractivity contribution >= 4 is 11.8 Å². The molecule has 1 aromatic rings. The summed E-state index contributed by atoms with van der Waals surface area (Å²) in [6.45, 7) is 11.2. The number of hydrogen-bond acceptors (Lipinski definition) is 4. The molecule has 1 aliphatic heterocycles. The molecule has 0 spiro atoms. The van der Waals surface area contributed by atoms with Crippen molar-refractivity contribution in [2.24, 2.45) is 0 Å². The third kappa shape index (κ3) is 5.16. The first-order valence-electron chi connectivity index (χ1n) is 8.86. The molecule has 2 rings (SSSR count). The quantitative estimate of drug-likeness (QED) is 0.755. The summed E-state index contributed by atoms with van der Waals surface area (Å²) in [7, 11) is 1.60. The molecule has 0 bridgehead atoms. The van der Waals surface area contributed by atoms with Crippen molar-refractivity contribution in [1.29, 1.82) is 0 Å². The standard InChI is InChI=1S/C18H29N5O2/c1-5-22(11-14(2)3)17(24)13-21-9-6-7-15(12-21)23-10-8-16(20-23)18(25)19-4/h8,10,15H,2,5-7,9,11-13H2,1,3-4H3,(H,19,25)/t15-/m1/s1. The monoisotopic (exact) mass is 347 g/mol. The number of rotatable bonds is 7. The van der Waals surface area contributed by atoms with Crippen molar-refractivity contribution in [2.45, 2.75) is 32.7 Å². The lowest BCUT2D eigenvalue weighted by atomic mass is 10.1. The lowest BCUT2D eigenvalue weighted by Gasteiger charge is -2.33. The molecule has 0 aromatic carbocycles. The molecular weight excluding hydrogens is 318 g/mol. The molecule has 7 nitrogen and oxygen atoms in total. The zero-order valence-electron chi connectivity index (χ0n) is 15.5. The highest BCUT2D eigenvalue weighted by Crippen LogP contribution is 2.21. The molecule has 2 heterocycles. The van der Waals surface area contributed by atoms with E-state index in [0.717, 1.165) is 31.5 Å². The number of carbonyl (C=O) groups excluding carboxylic acids is 2. The summed E-state index contributed by atoms with van der Waals surface area (Å²) in [5.74, 6) is -0.0439. The summed E-state index contributed by atoms with van der Waals surface area (Å²) < 4.78 is 1.85. The molecule has 0 aliphatic carbocycles. The van der Waals surface area contributed by atoms with E-state index < -0.39 is 0 Å². The summed E-state index contributed by atoms with van der Waals surface area (Å²) in [5, 5.41) is 6.96. The van der Waals surface area contributed by atoms with Gasteiger partial charge in [-0.15, -0.1) is 0 Å². The number of nitrogens with one attached hydrogen (secondary N) is 1. The Labute approximate surface area is 149 Å². The molecule has 1 atom stereocenters. The van der Waals surface area contributed by atoms with Crippen LogP contribution in [0.1, 0.15) is 43.2 Å². The Balaban J connectivity index is 1.96. The Morgan fingerprint density at radius 3 is 2.88 bits per heavy atom. The molecule has 0 saturated carbocycles. The van der Waals surface area contributed by atoms with E-state index in [2.05, 4.69) is 21.9 Å². The molecule has 25 heavy (non-hydrogen) atoms. The number of likely N-dealkylation sites (tertiary alicyclic amines) is 1. The highest BCUT2D eigenvalue weighted by molar-refractivity contribution is 5.91. The second-order valence-electron chi connectivity index (χ2n) is 6.66. The lowest BCUT2D eigenvalue weighted by molar-refractivity contribution is -0.132. The van der Waals surface area contributed by atoms with Crippen molar-refractivity contribution in [3.8, 4) is 0 Å². The Bertz CT molecular complexity index is 625. The normalized spacial score (nSPS) is 18.0. The van der Waals surface area contributed by atoms with Crippen molar-refractivity contribution in [3.63, 3.8) is 0 Å². The van der Waals surface area contributed by atoms with E-state index >= 15 is 0 Å². The van der Waals surface area contributed by atoms with Crippen LogP contribution in [0.25, 0.3) is 0 Å². The van der Waals surface area contributed by atoms with E-state index in [0.29, 0.717) is 25.3 Å². The minimum Gasteiger partial charge on any atom is -0.354 e. The molecule has 1 saturated heterocycles. The van der Waals surface area contributed by atoms with Gasteiger partial charge in [0.2, 0.25) is 5.91 Å². The molecule has 1 N–H and O–H groups in total. The predicted octanol–water partition coefficient (Wildman–Crippen LogP) is 1.30. The van der Waals surface area contributed by atoms with Gasteiger partial charge in [-0.05, 0) is 39.3 Å². The van der Waals surface area contributed by atoms with E-state index in [1.54, 1.807) is 13.1 Å². The number of likely N-dealkylation sites (N-methyl/N-ethyl adjacent to an activating group) is 1. The SMILES string of the molecule is C=C(C)CN(CC)C(=O)CN1CCC[C@@H](n2ccc(C(=O)NC)n2)C1. The minimum atomic E-state index is -0.181. The van der Waals surface area contributed by atoms with E-state index in [1.165, 1.54) is 0 Å². The number of amides is 2. The summed E-state index contributed by atoms with van der Waals surface area (Å²) in [4.78, 5) is 28.2. The highest BCUT2D eigenvalue weighted by atomic mass is 16.2. The van der Waals surface area contributed by atoms with Gasteiger partial charge in [0.05, 0.1) is 12.6 Å². The second-order valence-corrected chi connectivity index (χ2v) is 6.66. The van der Waals surface area contributed by atoms with E-state index in [-0.39, 0.29) is 17.9 Å². The number of piperidine rings is 1. The fraction of sp³-hybridized carbons (Fsp3) is 0.611. The van der Waals surface area contributed by atoms with Crippen LogP contribution in [-0.4, -0.2) is 71.2 Å². The number of aromatic nitrogens is 2. The van der Waals surface area contributed by atoms with E-state index in [1.807, 2.05) is 29.6 Å². The Kier molecular flexibility index (Phi) is 6.75. The Hall–Kier alpha value is -2.15. The van der Waals surface area contributed by atoms with Gasteiger partial charge in [0.25, 0.3) is 5.91 Å². The maximum atomic E-state index is 12.5. The molecule has 0 radical (unpaired) electrons. The van der Waals surface area contributed by atoms with Crippen LogP contribution in [0.3, 0.4) is 0 Å². The molecule has 1 aliphatic rings. The van der Waals surface area contributed by atoms with E-state index in [4.69, 9.17) is 0 Å². The van der Waals surface area contributed by atoms with Crippen molar-refractivity contribution in [3.05, 3.63) is 30.1 Å². The molecule has 1 fully saturated rings. The van der Waals surface area contributed by atoms with Gasteiger partial charge in [-0.1, -0.05) is 12.2 Å². The highest BCUT2D eigenvalue weighted by Gasteiger charge is 2.25. The van der Waals surface area contributed by atoms with Crippen LogP contribution >= 0.6 is 0 Å². The maximum absolute atomic E-state index is 12.5. The number of hydrogen-bond donors (Lipinski definition) is 1. The predicted molar refractivity (Wildman–Crippen MR) is 97.4 cm³/mol. The van der Waals surface area contributed by atoms with Crippen LogP contribution in [0.5, 0.6) is 0 Å². The summed E-state index contributed by atoms with van der Waals surface area (Å²) in [6.07, 6.45) is 3.86. The first kappa shape index (κ1) is 19.2. The Morgan fingerprint density at radius 2 is 2.24 bits per heavy atom. The third-order valence-electron chi connectivity index (χ3n) is 4.48. The van der Waals surface area contributed by atoms with Crippen LogP contribution in [0.15, 0.2) is 24.4 Å². The van der Waals surface area contributed by atoms with Gasteiger partial charge in [0.1, 0.15) is 5.69 Å². The molecule has 2 amide bonds. The average Bonchev–Trinajstić information content (AvgIpc) is 3.09. The largest absolute Gasteiger partial charge is 0.354 e. The zero-order chi connectivity index (χ0) is 18.4. The zero-order valence-corrected chi connectivity index (χ0v) is 15.5. The van der Waals surface area contributed by atoms with Gasteiger partial charge in [-0.25, -0.2) is 0 Å². The van der Waals surface area contributed by atoms with Gasteiger partial charge in [0, 0.05) is 32.9 Å². The second kappa shape index (κ2) is 8.80. The molecular formula is C18H29N5O2. The average molecular weight is 347 g/mol. The van der Waals surface area contributed by atoms with Gasteiger partial charge in [-0.3, -0.25) is 19.2 Å². The van der Waals surface area contributed by atoms with Gasteiger partial charge < -0.3 is 10.2 Å². The van der Waals surface area contributed by atoms with Crippen molar-refractivity contribution in [1.82, 2.24) is 24.9 Å². The molecule has 7 heteroatoms. The molecule has 138 valence electrons. The maximum Gasteiger partial charge on any atom is 0.271 e. The smallest absolute Gasteiger partial charge is 0.271 e. The first-order valence-corrected chi connectivity index (χ1v) is 8.86. The first-order chi connectivity index (χ1) is 11.9. The van der Waals surface area contributed by atoms with Gasteiger partial charge in [-0.2, -0.15) is 5.10 Å². The lowest BCUT2D eigenvalue weighted by Crippen LogP contribution is -2.45. The van der Waals surface area contributed by atoms with Gasteiger partial charge >= 0.3 is 0 Å².